The molecule has 70 heavy (non-hydrogen) atoms. The molecule has 28 heteroatoms. The summed E-state index contributed by atoms with van der Waals surface area (Å²) in [5.41, 5.74) is -5.64. The lowest BCUT2D eigenvalue weighted by molar-refractivity contribution is -0.143. The van der Waals surface area contributed by atoms with Crippen molar-refractivity contribution < 1.29 is 75.8 Å². The Labute approximate surface area is 397 Å². The Kier molecular flexibility index (Phi) is 13.9. The van der Waals surface area contributed by atoms with Crippen LogP contribution < -0.4 is 14.9 Å². The van der Waals surface area contributed by atoms with Crippen molar-refractivity contribution in [1.29, 1.82) is 0 Å². The number of aliphatic hydroxyl groups is 1. The summed E-state index contributed by atoms with van der Waals surface area (Å²) in [6.07, 6.45) is -10.4. The predicted molar refractivity (Wildman–Crippen MR) is 231 cm³/mol. The summed E-state index contributed by atoms with van der Waals surface area (Å²) < 4.78 is 194. The summed E-state index contributed by atoms with van der Waals surface area (Å²) in [5.74, 6) is -6.74. The van der Waals surface area contributed by atoms with E-state index in [0.29, 0.717) is 15.1 Å². The number of amides is 2. The lowest BCUT2D eigenvalue weighted by Gasteiger charge is -2.23. The van der Waals surface area contributed by atoms with E-state index in [1.165, 1.54) is 19.9 Å². The maximum Gasteiger partial charge on any atom is 0.435 e. The number of anilines is 1. The number of carbonyl (C=O) groups is 2. The molecule has 1 fully saturated rings. The molecule has 3 heterocycles. The number of aromatic nitrogens is 5. The second-order valence-corrected chi connectivity index (χ2v) is 20.7. The van der Waals surface area contributed by atoms with Gasteiger partial charge in [-0.3, -0.25) is 23.5 Å². The van der Waals surface area contributed by atoms with Gasteiger partial charge in [0.25, 0.3) is 17.2 Å². The van der Waals surface area contributed by atoms with Gasteiger partial charge in [-0.2, -0.15) is 45.3 Å². The van der Waals surface area contributed by atoms with Crippen molar-refractivity contribution in [3.05, 3.63) is 93.0 Å². The highest BCUT2D eigenvalue weighted by molar-refractivity contribution is 7.92. The van der Waals surface area contributed by atoms with E-state index >= 15 is 8.78 Å². The van der Waals surface area contributed by atoms with E-state index in [0.717, 1.165) is 36.6 Å². The van der Waals surface area contributed by atoms with E-state index in [9.17, 15) is 61.9 Å². The molecule has 4 atom stereocenters. The second kappa shape index (κ2) is 18.7. The van der Waals surface area contributed by atoms with E-state index < -0.39 is 163 Å². The Morgan fingerprint density at radius 3 is 2.27 bits per heavy atom. The molecule has 5 aromatic rings. The standard InChI is InChI=1S/C42H37ClF10N8O7S2/c1-39(2,70(3,67)68)9-8-23-4-5-24(25-6-7-28(43)33-35(25)60(19-40(46,47)48)58-38(33)61(69(65)66)18-30(63)54-10-11-62)34(55-23)29(14-20-12-21(44)15-22(45)13-20)56-31(64)17-59-37-32(36(57-59)42(51,52)53)26-16-27(26)41(37,49)50/h4-7,12-13,15,26-27,29,62H,10-11,14,16-19H2,1-3H3,(H,54,63)(H,56,64)(H,65,66)/t26-,27+,29?/m0/s1. The number of fused-ring (bicyclic) bond motifs is 4. The highest BCUT2D eigenvalue weighted by atomic mass is 35.5. The van der Waals surface area contributed by atoms with Crippen molar-refractivity contribution in [2.45, 2.75) is 74.8 Å². The number of halogens is 11. The van der Waals surface area contributed by atoms with Crippen LogP contribution in [-0.4, -0.2) is 95.5 Å². The number of nitrogens with zero attached hydrogens (tertiary/aromatic N) is 6. The van der Waals surface area contributed by atoms with Gasteiger partial charge in [-0.1, -0.05) is 23.6 Å². The van der Waals surface area contributed by atoms with Crippen molar-refractivity contribution >= 4 is 61.2 Å². The van der Waals surface area contributed by atoms with Crippen molar-refractivity contribution in [2.24, 2.45) is 5.92 Å². The highest BCUT2D eigenvalue weighted by Crippen LogP contribution is 2.68. The fraction of sp³-hybridized carbons (Fsp3) is 0.405. The fourth-order valence-electron chi connectivity index (χ4n) is 8.02. The maximum atomic E-state index is 15.5. The number of pyridine rings is 1. The molecule has 376 valence electrons. The molecule has 3 aromatic heterocycles. The average molecular weight is 1060 g/mol. The zero-order valence-corrected chi connectivity index (χ0v) is 38.7. The molecule has 1 saturated carbocycles. The maximum absolute atomic E-state index is 15.5. The number of nitrogens with one attached hydrogen (secondary N) is 2. The lowest BCUT2D eigenvalue weighted by atomic mass is 9.93. The molecule has 15 nitrogen and oxygen atoms in total. The third-order valence-corrected chi connectivity index (χ3v) is 14.4. The van der Waals surface area contributed by atoms with Crippen LogP contribution in [0.15, 0.2) is 42.5 Å². The van der Waals surface area contributed by atoms with Crippen LogP contribution in [0.3, 0.4) is 0 Å². The van der Waals surface area contributed by atoms with Gasteiger partial charge in [0.15, 0.2) is 21.3 Å². The predicted octanol–water partition coefficient (Wildman–Crippen LogP) is 6.34. The molecule has 7 rings (SSSR count). The van der Waals surface area contributed by atoms with Gasteiger partial charge in [0.2, 0.25) is 11.8 Å². The van der Waals surface area contributed by atoms with E-state index in [2.05, 4.69) is 37.7 Å². The first-order chi connectivity index (χ1) is 32.4. The van der Waals surface area contributed by atoms with Gasteiger partial charge < -0.3 is 15.7 Å². The molecular formula is C42H37ClF10N8O7S2. The van der Waals surface area contributed by atoms with E-state index in [1.807, 2.05) is 0 Å². The fourth-order valence-corrected chi connectivity index (χ4v) is 8.99. The number of aliphatic hydroxyl groups excluding tert-OH is 1. The van der Waals surface area contributed by atoms with Crippen LogP contribution >= 0.6 is 11.6 Å². The third kappa shape index (κ3) is 10.6. The summed E-state index contributed by atoms with van der Waals surface area (Å²) in [4.78, 5) is 31.4. The molecule has 2 aliphatic carbocycles. The van der Waals surface area contributed by atoms with Gasteiger partial charge in [-0.05, 0) is 74.4 Å². The van der Waals surface area contributed by atoms with E-state index in [4.69, 9.17) is 16.7 Å². The first-order valence-corrected chi connectivity index (χ1v) is 23.8. The largest absolute Gasteiger partial charge is 0.435 e. The Balaban J connectivity index is 1.46. The van der Waals surface area contributed by atoms with Crippen LogP contribution in [0.5, 0.6) is 0 Å². The monoisotopic (exact) mass is 1050 g/mol. The average Bonchev–Trinajstić information content (AvgIpc) is 3.74. The van der Waals surface area contributed by atoms with E-state index in [1.54, 1.807) is 0 Å². The zero-order valence-electron chi connectivity index (χ0n) is 36.3. The Hall–Kier alpha value is -5.82. The van der Waals surface area contributed by atoms with Crippen LogP contribution in [0.2, 0.25) is 5.02 Å². The first-order valence-electron chi connectivity index (χ1n) is 20.5. The molecule has 0 saturated heterocycles. The molecule has 0 spiro atoms. The van der Waals surface area contributed by atoms with Crippen molar-refractivity contribution in [3.8, 4) is 23.0 Å². The number of hydrogen-bond acceptors (Lipinski definition) is 9. The zero-order chi connectivity index (χ0) is 51.6. The van der Waals surface area contributed by atoms with Gasteiger partial charge in [0.1, 0.15) is 47.4 Å². The van der Waals surface area contributed by atoms with Crippen molar-refractivity contribution in [2.75, 3.05) is 30.3 Å². The molecule has 0 radical (unpaired) electrons. The Bertz CT molecular complexity index is 3110. The van der Waals surface area contributed by atoms with Crippen LogP contribution in [0.25, 0.3) is 22.0 Å². The normalized spacial score (nSPS) is 17.3. The third-order valence-electron chi connectivity index (χ3n) is 11.5. The molecule has 2 amide bonds. The van der Waals surface area contributed by atoms with Crippen molar-refractivity contribution in [3.63, 3.8) is 0 Å². The van der Waals surface area contributed by atoms with Gasteiger partial charge in [0, 0.05) is 41.5 Å². The summed E-state index contributed by atoms with van der Waals surface area (Å²) in [6, 6.07) is 4.93. The number of hydrogen-bond donors (Lipinski definition) is 4. The Morgan fingerprint density at radius 1 is 1.01 bits per heavy atom. The van der Waals surface area contributed by atoms with Gasteiger partial charge in [-0.15, -0.1) is 0 Å². The summed E-state index contributed by atoms with van der Waals surface area (Å²) in [7, 11) is -3.89. The minimum Gasteiger partial charge on any atom is -0.395 e. The molecule has 0 aliphatic heterocycles. The molecule has 2 aromatic carbocycles. The van der Waals surface area contributed by atoms with Crippen LogP contribution in [0.1, 0.15) is 66.1 Å². The molecule has 2 unspecified atom stereocenters. The van der Waals surface area contributed by atoms with Crippen molar-refractivity contribution in [1.82, 2.24) is 35.2 Å². The number of alkyl halides is 8. The molecule has 4 N–H and O–H groups in total. The first kappa shape index (κ1) is 52.0. The number of benzene rings is 2. The summed E-state index contributed by atoms with van der Waals surface area (Å²) >= 11 is 3.39. The lowest BCUT2D eigenvalue weighted by Crippen LogP contribution is -2.39. The van der Waals surface area contributed by atoms with Gasteiger partial charge >= 0.3 is 12.4 Å². The Morgan fingerprint density at radius 2 is 1.67 bits per heavy atom. The number of rotatable bonds is 15. The van der Waals surface area contributed by atoms with Gasteiger partial charge in [-0.25, -0.2) is 30.7 Å². The smallest absolute Gasteiger partial charge is 0.395 e. The SMILES string of the molecule is CC(C)(C#Cc1ccc(-c2ccc(Cl)c3c(N(CC(=O)NCCO)S(=O)O)nn(CC(F)(F)F)c23)c(C(Cc2cc(F)cc(F)c2)NC(=O)Cn2nc(C(F)(F)F)c3c2C(F)(F)[C@@H]2C[C@H]32)n1)S(C)(=O)=O. The molecular weight excluding hydrogens is 1020 g/mol. The summed E-state index contributed by atoms with van der Waals surface area (Å²) in [5, 5.41) is 20.3. The quantitative estimate of drug-likeness (QED) is 0.0521. The van der Waals surface area contributed by atoms with Gasteiger partial charge in [0.05, 0.1) is 34.3 Å². The number of sulfone groups is 1. The molecule has 2 aliphatic rings. The minimum absolute atomic E-state index is 0.197. The molecule has 0 bridgehead atoms. The summed E-state index contributed by atoms with van der Waals surface area (Å²) in [6.45, 7) is -2.63. The second-order valence-electron chi connectivity index (χ2n) is 16.9. The van der Waals surface area contributed by atoms with Crippen LogP contribution in [0.4, 0.5) is 49.7 Å². The number of carbonyl (C=O) groups excluding carboxylic acids is 2. The highest BCUT2D eigenvalue weighted by Gasteiger charge is 2.68. The minimum atomic E-state index is -5.21. The topological polar surface area (TPSA) is 202 Å². The van der Waals surface area contributed by atoms with Crippen LogP contribution in [-0.2, 0) is 62.3 Å². The van der Waals surface area contributed by atoms with E-state index in [-0.39, 0.29) is 40.0 Å². The van der Waals surface area contributed by atoms with Crippen LogP contribution in [0, 0.1) is 29.4 Å².